The molecule has 0 radical (unpaired) electrons. The van der Waals surface area contributed by atoms with Crippen LogP contribution in [-0.4, -0.2) is 8.42 Å². The van der Waals surface area contributed by atoms with E-state index in [4.69, 9.17) is 17.4 Å². The van der Waals surface area contributed by atoms with Gasteiger partial charge in [0, 0.05) is 5.02 Å². The van der Waals surface area contributed by atoms with Gasteiger partial charge in [0.2, 0.25) is 0 Å². The lowest BCUT2D eigenvalue weighted by Gasteiger charge is -2.13. The monoisotopic (exact) mass is 311 g/mol. The number of sulfonamides is 1. The number of nitrogens with two attached hydrogens (primary N) is 1. The van der Waals surface area contributed by atoms with Gasteiger partial charge in [0.1, 0.15) is 4.90 Å². The van der Waals surface area contributed by atoms with E-state index in [1.807, 2.05) is 0 Å². The Bertz CT molecular complexity index is 732. The highest BCUT2D eigenvalue weighted by Crippen LogP contribution is 2.27. The first-order valence-corrected chi connectivity index (χ1v) is 7.65. The van der Waals surface area contributed by atoms with Gasteiger partial charge in [-0.25, -0.2) is 8.42 Å². The van der Waals surface area contributed by atoms with Crippen molar-refractivity contribution in [3.8, 4) is 0 Å². The zero-order chi connectivity index (χ0) is 14.8. The molecule has 0 amide bonds. The van der Waals surface area contributed by atoms with E-state index in [-0.39, 0.29) is 4.90 Å². The van der Waals surface area contributed by atoms with Crippen molar-refractivity contribution in [1.29, 1.82) is 0 Å². The maximum atomic E-state index is 12.4. The lowest BCUT2D eigenvalue weighted by Crippen LogP contribution is -2.18. The highest BCUT2D eigenvalue weighted by Gasteiger charge is 2.19. The molecule has 0 aliphatic rings. The van der Waals surface area contributed by atoms with Gasteiger partial charge in [-0.05, 0) is 36.8 Å². The molecule has 0 fully saturated rings. The summed E-state index contributed by atoms with van der Waals surface area (Å²) in [5.41, 5.74) is 3.78. The Morgan fingerprint density at radius 2 is 1.70 bits per heavy atom. The molecule has 20 heavy (non-hydrogen) atoms. The topological polar surface area (TPSA) is 84.2 Å². The molecule has 0 aliphatic heterocycles. The first-order chi connectivity index (χ1) is 9.45. The van der Waals surface area contributed by atoms with E-state index in [1.54, 1.807) is 43.3 Å². The molecule has 106 valence electrons. The quantitative estimate of drug-likeness (QED) is 0.599. The summed E-state index contributed by atoms with van der Waals surface area (Å²) in [6, 6.07) is 11.4. The molecule has 0 aromatic heterocycles. The van der Waals surface area contributed by atoms with Crippen LogP contribution in [0.2, 0.25) is 5.02 Å². The summed E-state index contributed by atoms with van der Waals surface area (Å²) in [4.78, 5) is 0.0712. The summed E-state index contributed by atoms with van der Waals surface area (Å²) in [5, 5.41) is 0.496. The number of anilines is 2. The van der Waals surface area contributed by atoms with Crippen molar-refractivity contribution in [2.45, 2.75) is 11.8 Å². The summed E-state index contributed by atoms with van der Waals surface area (Å²) < 4.78 is 27.3. The zero-order valence-corrected chi connectivity index (χ0v) is 12.3. The van der Waals surface area contributed by atoms with Crippen molar-refractivity contribution in [3.05, 3.63) is 53.1 Å². The fourth-order valence-corrected chi connectivity index (χ4v) is 3.21. The number of benzene rings is 2. The van der Waals surface area contributed by atoms with Crippen molar-refractivity contribution in [3.63, 3.8) is 0 Å². The van der Waals surface area contributed by atoms with Crippen molar-refractivity contribution in [2.24, 2.45) is 5.84 Å². The number of para-hydroxylation sites is 1. The Labute approximate surface area is 122 Å². The SMILES string of the molecule is Cc1c(Cl)cccc1NS(=O)(=O)c1ccccc1NN. The average Bonchev–Trinajstić information content (AvgIpc) is 2.43. The van der Waals surface area contributed by atoms with Crippen molar-refractivity contribution >= 4 is 33.0 Å². The first-order valence-electron chi connectivity index (χ1n) is 5.79. The van der Waals surface area contributed by atoms with Gasteiger partial charge >= 0.3 is 0 Å². The van der Waals surface area contributed by atoms with E-state index in [0.29, 0.717) is 22.0 Å². The van der Waals surface area contributed by atoms with E-state index in [0.717, 1.165) is 0 Å². The standard InChI is InChI=1S/C13H14ClN3O2S/c1-9-10(14)5-4-7-11(9)17-20(18,19)13-8-3-2-6-12(13)16-15/h2-8,16-17H,15H2,1H3. The second-order valence-electron chi connectivity index (χ2n) is 4.16. The first kappa shape index (κ1) is 14.6. The molecule has 5 nitrogen and oxygen atoms in total. The smallest absolute Gasteiger partial charge is 0.264 e. The molecular formula is C13H14ClN3O2S. The summed E-state index contributed by atoms with van der Waals surface area (Å²) in [6.07, 6.45) is 0. The van der Waals surface area contributed by atoms with E-state index < -0.39 is 10.0 Å². The average molecular weight is 312 g/mol. The third-order valence-electron chi connectivity index (χ3n) is 2.84. The van der Waals surface area contributed by atoms with Crippen LogP contribution in [0.3, 0.4) is 0 Å². The minimum atomic E-state index is -3.75. The summed E-state index contributed by atoms with van der Waals surface area (Å²) >= 11 is 5.98. The second-order valence-corrected chi connectivity index (χ2v) is 6.22. The summed E-state index contributed by atoms with van der Waals surface area (Å²) in [7, 11) is -3.75. The Morgan fingerprint density at radius 3 is 2.40 bits per heavy atom. The van der Waals surface area contributed by atoms with Crippen LogP contribution in [0.5, 0.6) is 0 Å². The molecule has 2 rings (SSSR count). The van der Waals surface area contributed by atoms with Gasteiger partial charge in [0.05, 0.1) is 11.4 Å². The predicted molar refractivity (Wildman–Crippen MR) is 81.2 cm³/mol. The number of hydrazine groups is 1. The number of nitrogen functional groups attached to an aromatic ring is 1. The maximum Gasteiger partial charge on any atom is 0.264 e. The molecule has 2 aromatic carbocycles. The number of nitrogens with one attached hydrogen (secondary N) is 2. The van der Waals surface area contributed by atoms with Gasteiger partial charge in [-0.3, -0.25) is 10.6 Å². The van der Waals surface area contributed by atoms with Crippen LogP contribution >= 0.6 is 11.6 Å². The molecule has 0 aliphatic carbocycles. The van der Waals surface area contributed by atoms with Crippen LogP contribution in [0.25, 0.3) is 0 Å². The van der Waals surface area contributed by atoms with Gasteiger partial charge in [-0.15, -0.1) is 0 Å². The number of halogens is 1. The van der Waals surface area contributed by atoms with Gasteiger partial charge < -0.3 is 5.43 Å². The van der Waals surface area contributed by atoms with Crippen LogP contribution in [0.15, 0.2) is 47.4 Å². The molecule has 0 saturated carbocycles. The minimum Gasteiger partial charge on any atom is -0.323 e. The molecular weight excluding hydrogens is 298 g/mol. The Kier molecular flexibility index (Phi) is 4.17. The molecule has 0 bridgehead atoms. The normalized spacial score (nSPS) is 11.2. The molecule has 4 N–H and O–H groups in total. The number of rotatable bonds is 4. The van der Waals surface area contributed by atoms with E-state index in [2.05, 4.69) is 10.1 Å². The third kappa shape index (κ3) is 2.87. The molecule has 0 saturated heterocycles. The minimum absolute atomic E-state index is 0.0712. The molecule has 0 unspecified atom stereocenters. The number of hydrogen-bond donors (Lipinski definition) is 3. The molecule has 2 aromatic rings. The van der Waals surface area contributed by atoms with E-state index in [1.165, 1.54) is 6.07 Å². The lowest BCUT2D eigenvalue weighted by atomic mass is 10.2. The molecule has 0 atom stereocenters. The summed E-state index contributed by atoms with van der Waals surface area (Å²) in [6.45, 7) is 1.74. The Balaban J connectivity index is 2.44. The Morgan fingerprint density at radius 1 is 1.05 bits per heavy atom. The third-order valence-corrected chi connectivity index (χ3v) is 4.68. The largest absolute Gasteiger partial charge is 0.323 e. The predicted octanol–water partition coefficient (Wildman–Crippen LogP) is 2.73. The fraction of sp³-hybridized carbons (Fsp3) is 0.0769. The molecule has 0 spiro atoms. The Hall–Kier alpha value is -1.76. The van der Waals surface area contributed by atoms with Crippen LogP contribution in [0, 0.1) is 6.92 Å². The van der Waals surface area contributed by atoms with Gasteiger partial charge in [-0.1, -0.05) is 29.8 Å². The summed E-state index contributed by atoms with van der Waals surface area (Å²) in [5.74, 6) is 5.33. The highest BCUT2D eigenvalue weighted by molar-refractivity contribution is 7.92. The van der Waals surface area contributed by atoms with Gasteiger partial charge in [0.25, 0.3) is 10.0 Å². The second kappa shape index (κ2) is 5.70. The van der Waals surface area contributed by atoms with E-state index >= 15 is 0 Å². The van der Waals surface area contributed by atoms with Crippen molar-refractivity contribution < 1.29 is 8.42 Å². The lowest BCUT2D eigenvalue weighted by molar-refractivity contribution is 0.601. The van der Waals surface area contributed by atoms with Crippen LogP contribution in [0.1, 0.15) is 5.56 Å². The van der Waals surface area contributed by atoms with Crippen molar-refractivity contribution in [2.75, 3.05) is 10.1 Å². The maximum absolute atomic E-state index is 12.4. The fourth-order valence-electron chi connectivity index (χ4n) is 1.74. The van der Waals surface area contributed by atoms with Crippen molar-refractivity contribution in [1.82, 2.24) is 0 Å². The zero-order valence-electron chi connectivity index (χ0n) is 10.7. The molecule has 0 heterocycles. The van der Waals surface area contributed by atoms with Gasteiger partial charge in [-0.2, -0.15) is 0 Å². The number of hydrogen-bond acceptors (Lipinski definition) is 4. The van der Waals surface area contributed by atoms with Crippen LogP contribution < -0.4 is 16.0 Å². The molecule has 7 heteroatoms. The van der Waals surface area contributed by atoms with E-state index in [9.17, 15) is 8.42 Å². The van der Waals surface area contributed by atoms with Crippen LogP contribution in [-0.2, 0) is 10.0 Å². The van der Waals surface area contributed by atoms with Gasteiger partial charge in [0.15, 0.2) is 0 Å². The highest BCUT2D eigenvalue weighted by atomic mass is 35.5. The van der Waals surface area contributed by atoms with Crippen LogP contribution in [0.4, 0.5) is 11.4 Å².